The second-order valence-corrected chi connectivity index (χ2v) is 7.42. The Kier molecular flexibility index (Phi) is 6.79. The van der Waals surface area contributed by atoms with Crippen molar-refractivity contribution in [1.29, 1.82) is 0 Å². The van der Waals surface area contributed by atoms with Gasteiger partial charge >= 0.3 is 0 Å². The van der Waals surface area contributed by atoms with Gasteiger partial charge in [0, 0.05) is 26.0 Å². The van der Waals surface area contributed by atoms with Crippen molar-refractivity contribution in [2.45, 2.75) is 19.1 Å². The molecule has 0 aliphatic carbocycles. The van der Waals surface area contributed by atoms with Gasteiger partial charge in [-0.25, -0.2) is 4.98 Å². The first-order valence-corrected chi connectivity index (χ1v) is 9.33. The van der Waals surface area contributed by atoms with Gasteiger partial charge in [-0.1, -0.05) is 58.5 Å². The van der Waals surface area contributed by atoms with Crippen LogP contribution in [0.25, 0.3) is 0 Å². The summed E-state index contributed by atoms with van der Waals surface area (Å²) in [6.07, 6.45) is 3.15. The van der Waals surface area contributed by atoms with E-state index < -0.39 is 0 Å². The summed E-state index contributed by atoms with van der Waals surface area (Å²) in [5.41, 5.74) is 1.81. The fourth-order valence-electron chi connectivity index (χ4n) is 2.58. The lowest BCUT2D eigenvalue weighted by Crippen LogP contribution is -2.16. The summed E-state index contributed by atoms with van der Waals surface area (Å²) in [5.74, 6) is -0.0208. The number of hydrogen-bond acceptors (Lipinski definition) is 3. The van der Waals surface area contributed by atoms with Crippen molar-refractivity contribution in [2.75, 3.05) is 6.61 Å². The Labute approximate surface area is 171 Å². The molecule has 1 atom stereocenters. The zero-order valence-electron chi connectivity index (χ0n) is 13.6. The monoisotopic (exact) mass is 429 g/mol. The van der Waals surface area contributed by atoms with E-state index in [1.165, 1.54) is 6.33 Å². The van der Waals surface area contributed by atoms with E-state index in [0.29, 0.717) is 39.8 Å². The molecular formula is C18H15Cl4N3O. The molecule has 0 aliphatic rings. The normalized spacial score (nSPS) is 12.3. The van der Waals surface area contributed by atoms with Gasteiger partial charge in [0.15, 0.2) is 0 Å². The van der Waals surface area contributed by atoms with Gasteiger partial charge in [-0.15, -0.1) is 0 Å². The minimum atomic E-state index is -0.0208. The molecule has 136 valence electrons. The second kappa shape index (κ2) is 9.07. The van der Waals surface area contributed by atoms with Gasteiger partial charge in [-0.2, -0.15) is 5.10 Å². The summed E-state index contributed by atoms with van der Waals surface area (Å²) in [6, 6.07) is 10.8. The minimum absolute atomic E-state index is 0.0208. The van der Waals surface area contributed by atoms with Crippen LogP contribution < -0.4 is 0 Å². The van der Waals surface area contributed by atoms with Gasteiger partial charge in [0.05, 0.1) is 19.8 Å². The zero-order valence-corrected chi connectivity index (χ0v) is 16.6. The van der Waals surface area contributed by atoms with Crippen LogP contribution in [0.5, 0.6) is 0 Å². The van der Waals surface area contributed by atoms with E-state index in [0.717, 1.165) is 11.1 Å². The third kappa shape index (κ3) is 5.12. The summed E-state index contributed by atoms with van der Waals surface area (Å²) in [4.78, 5) is 3.98. The van der Waals surface area contributed by atoms with Crippen molar-refractivity contribution in [3.05, 3.63) is 80.3 Å². The van der Waals surface area contributed by atoms with Crippen LogP contribution in [0.15, 0.2) is 49.1 Å². The lowest BCUT2D eigenvalue weighted by molar-refractivity contribution is 0.102. The van der Waals surface area contributed by atoms with Gasteiger partial charge in [-0.05, 0) is 35.4 Å². The molecule has 1 heterocycles. The third-order valence-corrected chi connectivity index (χ3v) is 5.02. The molecule has 1 aromatic heterocycles. The molecule has 0 fully saturated rings. The highest BCUT2D eigenvalue weighted by Crippen LogP contribution is 2.29. The molecule has 3 aromatic rings. The maximum atomic E-state index is 6.38. The molecule has 0 bridgehead atoms. The maximum absolute atomic E-state index is 6.38. The molecule has 0 amide bonds. The van der Waals surface area contributed by atoms with Gasteiger partial charge in [-0.3, -0.25) is 4.68 Å². The first-order valence-electron chi connectivity index (χ1n) is 7.82. The average Bonchev–Trinajstić information content (AvgIpc) is 3.09. The van der Waals surface area contributed by atoms with E-state index >= 15 is 0 Å². The van der Waals surface area contributed by atoms with Crippen molar-refractivity contribution in [3.63, 3.8) is 0 Å². The van der Waals surface area contributed by atoms with Crippen molar-refractivity contribution >= 4 is 46.4 Å². The molecule has 0 saturated heterocycles. The Morgan fingerprint density at radius 3 is 2.35 bits per heavy atom. The highest BCUT2D eigenvalue weighted by atomic mass is 35.5. The summed E-state index contributed by atoms with van der Waals surface area (Å²) in [7, 11) is 0. The Bertz CT molecular complexity index is 871. The number of ether oxygens (including phenoxy) is 1. The van der Waals surface area contributed by atoms with E-state index in [9.17, 15) is 0 Å². The summed E-state index contributed by atoms with van der Waals surface area (Å²) in [6.45, 7) is 1.38. The van der Waals surface area contributed by atoms with E-state index in [1.807, 2.05) is 18.2 Å². The molecule has 1 unspecified atom stereocenters. The van der Waals surface area contributed by atoms with Gasteiger partial charge in [0.25, 0.3) is 0 Å². The van der Waals surface area contributed by atoms with Crippen molar-refractivity contribution in [2.24, 2.45) is 0 Å². The maximum Gasteiger partial charge on any atom is 0.137 e. The van der Waals surface area contributed by atoms with Gasteiger partial charge in [0.2, 0.25) is 0 Å². The van der Waals surface area contributed by atoms with Gasteiger partial charge in [0.1, 0.15) is 12.7 Å². The first kappa shape index (κ1) is 19.5. The van der Waals surface area contributed by atoms with Crippen molar-refractivity contribution < 1.29 is 4.74 Å². The Morgan fingerprint density at radius 1 is 0.962 bits per heavy atom. The molecule has 0 N–H and O–H groups in total. The summed E-state index contributed by atoms with van der Waals surface area (Å²) < 4.78 is 7.65. The van der Waals surface area contributed by atoms with Crippen molar-refractivity contribution in [1.82, 2.24) is 14.8 Å². The topological polar surface area (TPSA) is 39.9 Å². The number of hydrogen-bond donors (Lipinski definition) is 0. The molecule has 3 rings (SSSR count). The van der Waals surface area contributed by atoms with E-state index in [4.69, 9.17) is 51.1 Å². The molecule has 0 aliphatic heterocycles. The lowest BCUT2D eigenvalue weighted by atomic mass is 10.00. The second-order valence-electron chi connectivity index (χ2n) is 5.73. The Balaban J connectivity index is 1.73. The third-order valence-electron chi connectivity index (χ3n) is 3.87. The molecular weight excluding hydrogens is 416 g/mol. The predicted molar refractivity (Wildman–Crippen MR) is 105 cm³/mol. The number of benzene rings is 2. The first-order chi connectivity index (χ1) is 12.5. The highest BCUT2D eigenvalue weighted by Gasteiger charge is 2.17. The lowest BCUT2D eigenvalue weighted by Gasteiger charge is -2.19. The standard InChI is InChI=1S/C18H15Cl4N3O/c19-14-2-1-12(17(21)5-14)8-26-9-13(7-25-11-23-10-24-25)16-4-3-15(20)6-18(16)22/h1-6,10-11,13H,7-9H2. The van der Waals surface area contributed by atoms with Crippen LogP contribution in [0.4, 0.5) is 0 Å². The van der Waals surface area contributed by atoms with Crippen LogP contribution in [0.3, 0.4) is 0 Å². The molecule has 2 aromatic carbocycles. The zero-order chi connectivity index (χ0) is 18.5. The van der Waals surface area contributed by atoms with E-state index in [-0.39, 0.29) is 5.92 Å². The van der Waals surface area contributed by atoms with E-state index in [1.54, 1.807) is 29.2 Å². The Hall–Kier alpha value is -1.30. The number of halogens is 4. The van der Waals surface area contributed by atoms with Crippen LogP contribution in [-0.4, -0.2) is 21.4 Å². The molecule has 0 spiro atoms. The summed E-state index contributed by atoms with van der Waals surface area (Å²) in [5, 5.41) is 6.52. The fourth-order valence-corrected chi connectivity index (χ4v) is 3.60. The number of rotatable bonds is 7. The van der Waals surface area contributed by atoms with Crippen LogP contribution in [-0.2, 0) is 17.9 Å². The predicted octanol–water partition coefficient (Wildman–Crippen LogP) is 5.89. The molecule has 0 radical (unpaired) electrons. The Morgan fingerprint density at radius 2 is 1.69 bits per heavy atom. The molecule has 0 saturated carbocycles. The van der Waals surface area contributed by atoms with E-state index in [2.05, 4.69) is 10.1 Å². The van der Waals surface area contributed by atoms with Crippen LogP contribution in [0.2, 0.25) is 20.1 Å². The highest BCUT2D eigenvalue weighted by molar-refractivity contribution is 6.35. The molecule has 4 nitrogen and oxygen atoms in total. The average molecular weight is 431 g/mol. The van der Waals surface area contributed by atoms with Crippen molar-refractivity contribution in [3.8, 4) is 0 Å². The van der Waals surface area contributed by atoms with Crippen LogP contribution in [0.1, 0.15) is 17.0 Å². The largest absolute Gasteiger partial charge is 0.376 e. The number of nitrogens with zero attached hydrogens (tertiary/aromatic N) is 3. The fraction of sp³-hybridized carbons (Fsp3) is 0.222. The smallest absolute Gasteiger partial charge is 0.137 e. The minimum Gasteiger partial charge on any atom is -0.376 e. The van der Waals surface area contributed by atoms with Crippen LogP contribution >= 0.6 is 46.4 Å². The quantitative estimate of drug-likeness (QED) is 0.468. The molecule has 8 heteroatoms. The SMILES string of the molecule is Clc1ccc(COCC(Cn2cncn2)c2ccc(Cl)cc2Cl)c(Cl)c1. The number of aromatic nitrogens is 3. The van der Waals surface area contributed by atoms with Crippen LogP contribution in [0, 0.1) is 0 Å². The summed E-state index contributed by atoms with van der Waals surface area (Å²) >= 11 is 24.5. The molecule has 26 heavy (non-hydrogen) atoms. The van der Waals surface area contributed by atoms with Gasteiger partial charge < -0.3 is 4.74 Å².